The number of nitrogens with zero attached hydrogens (tertiary/aromatic N) is 1. The SMILES string of the molecule is CCCCN(Cc1ccccc1)c1ccc(C(=O)O)cc1NS(=O)(=O)c1ccc(C(C)=O)cc1. The average Bonchev–Trinajstić information content (AvgIpc) is 2.82. The summed E-state index contributed by atoms with van der Waals surface area (Å²) in [7, 11) is -4.03. The first-order chi connectivity index (χ1) is 16.2. The molecule has 0 radical (unpaired) electrons. The molecule has 34 heavy (non-hydrogen) atoms. The van der Waals surface area contributed by atoms with E-state index in [0.717, 1.165) is 18.4 Å². The predicted octanol–water partition coefficient (Wildman–Crippen LogP) is 5.19. The third-order valence-electron chi connectivity index (χ3n) is 5.40. The molecule has 0 spiro atoms. The number of hydrogen-bond donors (Lipinski definition) is 2. The molecule has 3 rings (SSSR count). The first-order valence-corrected chi connectivity index (χ1v) is 12.5. The molecular formula is C26H28N2O5S. The lowest BCUT2D eigenvalue weighted by Gasteiger charge is -2.28. The highest BCUT2D eigenvalue weighted by Crippen LogP contribution is 2.31. The first-order valence-electron chi connectivity index (χ1n) is 11.0. The van der Waals surface area contributed by atoms with Crippen LogP contribution in [0.25, 0.3) is 0 Å². The lowest BCUT2D eigenvalue weighted by Crippen LogP contribution is -2.26. The summed E-state index contributed by atoms with van der Waals surface area (Å²) in [6.45, 7) is 4.68. The molecule has 0 aliphatic carbocycles. The Morgan fingerprint density at radius 2 is 1.59 bits per heavy atom. The van der Waals surface area contributed by atoms with Crippen molar-refractivity contribution in [2.75, 3.05) is 16.2 Å². The molecule has 0 amide bonds. The molecule has 0 unspecified atom stereocenters. The smallest absolute Gasteiger partial charge is 0.335 e. The number of hydrogen-bond acceptors (Lipinski definition) is 5. The minimum atomic E-state index is -4.03. The van der Waals surface area contributed by atoms with Crippen molar-refractivity contribution in [2.24, 2.45) is 0 Å². The van der Waals surface area contributed by atoms with E-state index in [9.17, 15) is 23.1 Å². The predicted molar refractivity (Wildman–Crippen MR) is 133 cm³/mol. The standard InChI is InChI=1S/C26H28N2O5S/c1-3-4-16-28(18-20-8-6-5-7-9-20)25-15-12-22(26(30)31)17-24(25)27-34(32,33)23-13-10-21(11-14-23)19(2)29/h5-15,17,27H,3-4,16,18H2,1-2H3,(H,30,31). The Balaban J connectivity index is 2.02. The van der Waals surface area contributed by atoms with Crippen molar-refractivity contribution in [3.8, 4) is 0 Å². The van der Waals surface area contributed by atoms with Gasteiger partial charge in [0.25, 0.3) is 10.0 Å². The molecule has 3 aromatic carbocycles. The van der Waals surface area contributed by atoms with Gasteiger partial charge in [-0.2, -0.15) is 0 Å². The van der Waals surface area contributed by atoms with E-state index in [1.54, 1.807) is 6.07 Å². The zero-order valence-corrected chi connectivity index (χ0v) is 20.0. The number of carbonyl (C=O) groups is 2. The normalized spacial score (nSPS) is 11.1. The van der Waals surface area contributed by atoms with Crippen molar-refractivity contribution in [1.82, 2.24) is 0 Å². The number of benzene rings is 3. The van der Waals surface area contributed by atoms with Crippen molar-refractivity contribution in [2.45, 2.75) is 38.1 Å². The minimum Gasteiger partial charge on any atom is -0.478 e. The quantitative estimate of drug-likeness (QED) is 0.366. The Morgan fingerprint density at radius 3 is 2.18 bits per heavy atom. The largest absolute Gasteiger partial charge is 0.478 e. The molecule has 0 bridgehead atoms. The number of ketones is 1. The number of carboxylic acids is 1. The highest BCUT2D eigenvalue weighted by atomic mass is 32.2. The molecule has 0 heterocycles. The van der Waals surface area contributed by atoms with Crippen LogP contribution in [0.4, 0.5) is 11.4 Å². The van der Waals surface area contributed by atoms with Crippen LogP contribution in [0.3, 0.4) is 0 Å². The number of sulfonamides is 1. The second-order valence-electron chi connectivity index (χ2n) is 7.98. The van der Waals surface area contributed by atoms with Crippen LogP contribution in [0.1, 0.15) is 53.0 Å². The molecule has 0 atom stereocenters. The number of carboxylic acid groups (broad SMARTS) is 1. The van der Waals surface area contributed by atoms with Crippen LogP contribution >= 0.6 is 0 Å². The lowest BCUT2D eigenvalue weighted by atomic mass is 10.1. The van der Waals surface area contributed by atoms with Crippen molar-refractivity contribution < 1.29 is 23.1 Å². The van der Waals surface area contributed by atoms with Gasteiger partial charge in [0.1, 0.15) is 0 Å². The van der Waals surface area contributed by atoms with Gasteiger partial charge in [-0.1, -0.05) is 55.8 Å². The Hall–Kier alpha value is -3.65. The molecule has 8 heteroatoms. The summed E-state index contributed by atoms with van der Waals surface area (Å²) >= 11 is 0. The van der Waals surface area contributed by atoms with E-state index in [2.05, 4.69) is 11.6 Å². The fourth-order valence-electron chi connectivity index (χ4n) is 3.54. The van der Waals surface area contributed by atoms with Gasteiger partial charge in [-0.05, 0) is 49.2 Å². The Bertz CT molecular complexity index is 1260. The molecule has 0 fully saturated rings. The van der Waals surface area contributed by atoms with E-state index in [1.165, 1.54) is 43.3 Å². The number of aromatic carboxylic acids is 1. The Kier molecular flexibility index (Phi) is 8.07. The van der Waals surface area contributed by atoms with Gasteiger partial charge in [0.15, 0.2) is 5.78 Å². The van der Waals surface area contributed by atoms with Crippen molar-refractivity contribution in [1.29, 1.82) is 0 Å². The molecule has 178 valence electrons. The number of Topliss-reactive ketones (excluding diaryl/α,β-unsaturated/α-hetero) is 1. The van der Waals surface area contributed by atoms with Crippen LogP contribution in [0, 0.1) is 0 Å². The number of anilines is 2. The van der Waals surface area contributed by atoms with Crippen molar-refractivity contribution >= 4 is 33.2 Å². The zero-order valence-electron chi connectivity index (χ0n) is 19.2. The van der Waals surface area contributed by atoms with Crippen LogP contribution in [-0.4, -0.2) is 31.8 Å². The Labute approximate surface area is 200 Å². The van der Waals surface area contributed by atoms with Crippen LogP contribution < -0.4 is 9.62 Å². The van der Waals surface area contributed by atoms with E-state index in [4.69, 9.17) is 0 Å². The van der Waals surface area contributed by atoms with Gasteiger partial charge in [0.05, 0.1) is 21.8 Å². The van der Waals surface area contributed by atoms with Gasteiger partial charge in [-0.3, -0.25) is 9.52 Å². The van der Waals surface area contributed by atoms with Crippen LogP contribution in [0.15, 0.2) is 77.7 Å². The van der Waals surface area contributed by atoms with E-state index in [-0.39, 0.29) is 21.9 Å². The zero-order chi connectivity index (χ0) is 24.7. The summed E-state index contributed by atoms with van der Waals surface area (Å²) in [5.41, 5.74) is 2.20. The lowest BCUT2D eigenvalue weighted by molar-refractivity contribution is 0.0696. The second-order valence-corrected chi connectivity index (χ2v) is 9.67. The third-order valence-corrected chi connectivity index (χ3v) is 6.78. The summed E-state index contributed by atoms with van der Waals surface area (Å²) in [5.74, 6) is -1.32. The van der Waals surface area contributed by atoms with Gasteiger partial charge in [0.2, 0.25) is 0 Å². The van der Waals surface area contributed by atoms with Gasteiger partial charge in [-0.15, -0.1) is 0 Å². The maximum absolute atomic E-state index is 13.1. The summed E-state index contributed by atoms with van der Waals surface area (Å²) in [6.07, 6.45) is 1.83. The third kappa shape index (κ3) is 6.23. The van der Waals surface area contributed by atoms with Gasteiger partial charge in [0, 0.05) is 18.7 Å². The molecule has 0 saturated carbocycles. The highest BCUT2D eigenvalue weighted by Gasteiger charge is 2.21. The van der Waals surface area contributed by atoms with E-state index in [1.807, 2.05) is 35.2 Å². The van der Waals surface area contributed by atoms with E-state index < -0.39 is 16.0 Å². The molecule has 3 aromatic rings. The number of rotatable bonds is 11. The molecule has 0 saturated heterocycles. The highest BCUT2D eigenvalue weighted by molar-refractivity contribution is 7.92. The van der Waals surface area contributed by atoms with Crippen molar-refractivity contribution in [3.63, 3.8) is 0 Å². The molecule has 0 aliphatic heterocycles. The Morgan fingerprint density at radius 1 is 0.941 bits per heavy atom. The van der Waals surface area contributed by atoms with Crippen LogP contribution in [0.2, 0.25) is 0 Å². The maximum Gasteiger partial charge on any atom is 0.335 e. The molecule has 0 aliphatic rings. The number of carbonyl (C=O) groups excluding carboxylic acids is 1. The molecule has 0 aromatic heterocycles. The summed E-state index contributed by atoms with van der Waals surface area (Å²) in [4.78, 5) is 25.2. The number of unbranched alkanes of at least 4 members (excludes halogenated alkanes) is 1. The van der Waals surface area contributed by atoms with E-state index >= 15 is 0 Å². The molecular weight excluding hydrogens is 452 g/mol. The monoisotopic (exact) mass is 480 g/mol. The molecule has 7 nitrogen and oxygen atoms in total. The van der Waals surface area contributed by atoms with E-state index in [0.29, 0.717) is 24.3 Å². The fraction of sp³-hybridized carbons (Fsp3) is 0.231. The van der Waals surface area contributed by atoms with Crippen LogP contribution in [-0.2, 0) is 16.6 Å². The summed E-state index contributed by atoms with van der Waals surface area (Å²) in [6, 6.07) is 19.9. The topological polar surface area (TPSA) is 104 Å². The van der Waals surface area contributed by atoms with Crippen molar-refractivity contribution in [3.05, 3.63) is 89.5 Å². The summed E-state index contributed by atoms with van der Waals surface area (Å²) < 4.78 is 28.9. The fourth-order valence-corrected chi connectivity index (χ4v) is 4.60. The second kappa shape index (κ2) is 11.0. The van der Waals surface area contributed by atoms with Gasteiger partial charge >= 0.3 is 5.97 Å². The number of nitrogens with one attached hydrogen (secondary N) is 1. The van der Waals surface area contributed by atoms with Crippen LogP contribution in [0.5, 0.6) is 0 Å². The minimum absolute atomic E-state index is 0.0210. The summed E-state index contributed by atoms with van der Waals surface area (Å²) in [5, 5.41) is 9.49. The van der Waals surface area contributed by atoms with Gasteiger partial charge < -0.3 is 10.0 Å². The van der Waals surface area contributed by atoms with Gasteiger partial charge in [-0.25, -0.2) is 13.2 Å². The molecule has 2 N–H and O–H groups in total. The average molecular weight is 481 g/mol. The first kappa shape index (κ1) is 25.0. The maximum atomic E-state index is 13.1.